The van der Waals surface area contributed by atoms with E-state index in [0.717, 1.165) is 31.9 Å². The van der Waals surface area contributed by atoms with Gasteiger partial charge < -0.3 is 14.7 Å². The molecule has 3 rings (SSSR count). The number of quaternary nitrogens is 1. The molecule has 1 saturated heterocycles. The van der Waals surface area contributed by atoms with E-state index in [2.05, 4.69) is 17.2 Å². The molecule has 0 unspecified atom stereocenters. The highest BCUT2D eigenvalue weighted by atomic mass is 16.2. The minimum atomic E-state index is -0.310. The largest absolute Gasteiger partial charge is 0.334 e. The third-order valence-electron chi connectivity index (χ3n) is 4.39. The van der Waals surface area contributed by atoms with Crippen LogP contribution in [0.2, 0.25) is 0 Å². The van der Waals surface area contributed by atoms with Gasteiger partial charge in [-0.05, 0) is 12.1 Å². The Balaban J connectivity index is 1.61. The summed E-state index contributed by atoms with van der Waals surface area (Å²) in [6.07, 6.45) is 1.43. The third kappa shape index (κ3) is 4.03. The van der Waals surface area contributed by atoms with Gasteiger partial charge in [0.1, 0.15) is 0 Å². The highest BCUT2D eigenvalue weighted by Gasteiger charge is 2.24. The van der Waals surface area contributed by atoms with E-state index in [4.69, 9.17) is 0 Å². The fraction of sp³-hybridized carbons (Fsp3) is 0.412. The molecule has 8 nitrogen and oxygen atoms in total. The summed E-state index contributed by atoms with van der Waals surface area (Å²) in [6.45, 7) is 3.40. The van der Waals surface area contributed by atoms with Crippen LogP contribution in [-0.2, 0) is 4.79 Å². The Bertz CT molecular complexity index is 737. The van der Waals surface area contributed by atoms with E-state index in [1.807, 2.05) is 35.2 Å². The zero-order chi connectivity index (χ0) is 17.8. The number of nitrogens with zero attached hydrogens (tertiary/aromatic N) is 5. The normalized spacial score (nSPS) is 15.2. The molecular weight excluding hydrogens is 320 g/mol. The Morgan fingerprint density at radius 3 is 2.56 bits per heavy atom. The molecule has 0 aliphatic carbocycles. The molecule has 8 heteroatoms. The second-order valence-corrected chi connectivity index (χ2v) is 6.35. The van der Waals surface area contributed by atoms with Gasteiger partial charge in [0.15, 0.2) is 5.69 Å². The number of likely N-dealkylation sites (N-methyl/N-ethyl adjacent to an activating group) is 2. The van der Waals surface area contributed by atoms with Crippen molar-refractivity contribution in [3.8, 4) is 5.69 Å². The Kier molecular flexibility index (Phi) is 5.08. The van der Waals surface area contributed by atoms with Crippen molar-refractivity contribution in [1.29, 1.82) is 0 Å². The number of para-hydroxylation sites is 1. The highest BCUT2D eigenvalue weighted by molar-refractivity contribution is 5.94. The molecule has 0 radical (unpaired) electrons. The summed E-state index contributed by atoms with van der Waals surface area (Å²) in [5, 5.41) is 8.34. The monoisotopic (exact) mass is 343 g/mol. The van der Waals surface area contributed by atoms with Gasteiger partial charge in [0, 0.05) is 7.05 Å². The first-order chi connectivity index (χ1) is 12.0. The maximum Gasteiger partial charge on any atom is 0.276 e. The van der Waals surface area contributed by atoms with Gasteiger partial charge in [0.05, 0.1) is 51.7 Å². The number of rotatable bonds is 4. The molecule has 0 spiro atoms. The lowest BCUT2D eigenvalue weighted by Crippen LogP contribution is -3.12. The molecule has 2 amide bonds. The number of piperazine rings is 1. The molecule has 1 N–H and O–H groups in total. The molecule has 0 saturated carbocycles. The van der Waals surface area contributed by atoms with Crippen LogP contribution in [0.4, 0.5) is 0 Å². The van der Waals surface area contributed by atoms with Crippen LogP contribution < -0.4 is 4.90 Å². The van der Waals surface area contributed by atoms with Crippen LogP contribution in [0.15, 0.2) is 36.5 Å². The van der Waals surface area contributed by atoms with Crippen LogP contribution in [0.3, 0.4) is 0 Å². The maximum atomic E-state index is 12.5. The summed E-state index contributed by atoms with van der Waals surface area (Å²) in [6, 6.07) is 9.37. The zero-order valence-electron chi connectivity index (χ0n) is 14.6. The first-order valence-electron chi connectivity index (χ1n) is 8.37. The molecule has 25 heavy (non-hydrogen) atoms. The smallest absolute Gasteiger partial charge is 0.276 e. The van der Waals surface area contributed by atoms with E-state index in [0.29, 0.717) is 0 Å². The van der Waals surface area contributed by atoms with Crippen molar-refractivity contribution in [2.75, 3.05) is 46.8 Å². The minimum absolute atomic E-state index is 0.0289. The molecule has 1 aliphatic heterocycles. The van der Waals surface area contributed by atoms with Gasteiger partial charge >= 0.3 is 0 Å². The van der Waals surface area contributed by atoms with Gasteiger partial charge in [0.25, 0.3) is 5.91 Å². The average Bonchev–Trinajstić information content (AvgIpc) is 3.12. The van der Waals surface area contributed by atoms with Gasteiger partial charge in [-0.25, -0.2) is 0 Å². The summed E-state index contributed by atoms with van der Waals surface area (Å²) in [4.78, 5) is 30.9. The van der Waals surface area contributed by atoms with E-state index >= 15 is 0 Å². The fourth-order valence-corrected chi connectivity index (χ4v) is 2.75. The van der Waals surface area contributed by atoms with Gasteiger partial charge in [0.2, 0.25) is 5.91 Å². The van der Waals surface area contributed by atoms with Gasteiger partial charge in [-0.1, -0.05) is 18.2 Å². The lowest BCUT2D eigenvalue weighted by molar-refractivity contribution is -0.883. The molecular formula is C17H23N6O2+. The Morgan fingerprint density at radius 2 is 1.88 bits per heavy atom. The number of amides is 2. The summed E-state index contributed by atoms with van der Waals surface area (Å²) in [5.74, 6) is -0.339. The highest BCUT2D eigenvalue weighted by Crippen LogP contribution is 2.06. The Labute approximate surface area is 146 Å². The predicted octanol–water partition coefficient (Wildman–Crippen LogP) is -1.30. The molecule has 132 valence electrons. The van der Waals surface area contributed by atoms with Crippen molar-refractivity contribution in [3.63, 3.8) is 0 Å². The number of carbonyl (C=O) groups excluding carboxylic acids is 2. The van der Waals surface area contributed by atoms with Crippen LogP contribution >= 0.6 is 0 Å². The van der Waals surface area contributed by atoms with Crippen LogP contribution in [0, 0.1) is 0 Å². The second-order valence-electron chi connectivity index (χ2n) is 6.35. The first kappa shape index (κ1) is 17.1. The van der Waals surface area contributed by atoms with Gasteiger partial charge in [-0.3, -0.25) is 9.59 Å². The standard InChI is InChI=1S/C17H22N6O2/c1-20-8-10-22(11-9-20)16(24)13-21(2)17(25)15-12-18-23(19-15)14-6-4-3-5-7-14/h3-7,12H,8-11,13H2,1-2H3/p+1. The second kappa shape index (κ2) is 7.43. The van der Waals surface area contributed by atoms with Gasteiger partial charge in [-0.2, -0.15) is 9.90 Å². The molecule has 1 aliphatic rings. The van der Waals surface area contributed by atoms with Crippen LogP contribution in [0.25, 0.3) is 5.69 Å². The lowest BCUT2D eigenvalue weighted by Gasteiger charge is -2.31. The number of benzene rings is 1. The first-order valence-corrected chi connectivity index (χ1v) is 8.37. The molecule has 0 atom stereocenters. The maximum absolute atomic E-state index is 12.5. The van der Waals surface area contributed by atoms with Crippen molar-refractivity contribution in [2.45, 2.75) is 0 Å². The number of aromatic nitrogens is 3. The van der Waals surface area contributed by atoms with E-state index < -0.39 is 0 Å². The van der Waals surface area contributed by atoms with Crippen molar-refractivity contribution in [2.24, 2.45) is 0 Å². The summed E-state index contributed by atoms with van der Waals surface area (Å²) in [5.41, 5.74) is 1.00. The van der Waals surface area contributed by atoms with Crippen molar-refractivity contribution in [3.05, 3.63) is 42.2 Å². The molecule has 0 bridgehead atoms. The third-order valence-corrected chi connectivity index (χ3v) is 4.39. The van der Waals surface area contributed by atoms with E-state index in [1.165, 1.54) is 20.8 Å². The average molecular weight is 343 g/mol. The minimum Gasteiger partial charge on any atom is -0.334 e. The molecule has 2 aromatic rings. The number of hydrogen-bond acceptors (Lipinski definition) is 4. The van der Waals surface area contributed by atoms with Gasteiger partial charge in [-0.15, -0.1) is 5.10 Å². The van der Waals surface area contributed by atoms with E-state index in [9.17, 15) is 9.59 Å². The summed E-state index contributed by atoms with van der Waals surface area (Å²) >= 11 is 0. The fourth-order valence-electron chi connectivity index (χ4n) is 2.75. The van der Waals surface area contributed by atoms with Crippen LogP contribution in [0.5, 0.6) is 0 Å². The summed E-state index contributed by atoms with van der Waals surface area (Å²) in [7, 11) is 3.73. The van der Waals surface area contributed by atoms with Crippen molar-refractivity contribution in [1.82, 2.24) is 24.8 Å². The van der Waals surface area contributed by atoms with Crippen molar-refractivity contribution >= 4 is 11.8 Å². The molecule has 1 aromatic heterocycles. The van der Waals surface area contributed by atoms with E-state index in [1.54, 1.807) is 7.05 Å². The number of nitrogens with one attached hydrogen (secondary N) is 1. The number of hydrogen-bond donors (Lipinski definition) is 1. The number of carbonyl (C=O) groups is 2. The predicted molar refractivity (Wildman–Crippen MR) is 91.5 cm³/mol. The van der Waals surface area contributed by atoms with Crippen molar-refractivity contribution < 1.29 is 14.5 Å². The SMILES string of the molecule is CN(CC(=O)N1CC[NH+](C)CC1)C(=O)c1cnn(-c2ccccc2)n1. The van der Waals surface area contributed by atoms with E-state index in [-0.39, 0.29) is 24.1 Å². The molecule has 2 heterocycles. The molecule has 1 fully saturated rings. The quantitative estimate of drug-likeness (QED) is 0.748. The lowest BCUT2D eigenvalue weighted by atomic mass is 10.3. The topological polar surface area (TPSA) is 75.8 Å². The Hall–Kier alpha value is -2.74. The summed E-state index contributed by atoms with van der Waals surface area (Å²) < 4.78 is 0. The Morgan fingerprint density at radius 1 is 1.20 bits per heavy atom. The molecule has 1 aromatic carbocycles. The van der Waals surface area contributed by atoms with Crippen LogP contribution in [0.1, 0.15) is 10.5 Å². The van der Waals surface area contributed by atoms with Crippen LogP contribution in [-0.4, -0.2) is 83.4 Å². The zero-order valence-corrected chi connectivity index (χ0v) is 14.6.